The number of nitrogens with zero attached hydrogens (tertiary/aromatic N) is 2. The Balaban J connectivity index is 1.22. The van der Waals surface area contributed by atoms with Gasteiger partial charge < -0.3 is 25.4 Å². The Labute approximate surface area is 255 Å². The number of nitrogens with one attached hydrogen (secondary N) is 2. The van der Waals surface area contributed by atoms with Crippen LogP contribution in [0.25, 0.3) is 0 Å². The number of benzene rings is 1. The zero-order chi connectivity index (χ0) is 31.0. The smallest absolute Gasteiger partial charge is 0.410 e. The molecule has 3 N–H and O–H groups in total. The third-order valence-electron chi connectivity index (χ3n) is 9.87. The maximum absolute atomic E-state index is 14.3. The molecule has 2 saturated carbocycles. The summed E-state index contributed by atoms with van der Waals surface area (Å²) in [5.41, 5.74) is -0.344. The van der Waals surface area contributed by atoms with Crippen LogP contribution >= 0.6 is 0 Å². The zero-order valence-corrected chi connectivity index (χ0v) is 24.6. The standard InChI is InChI=1S/C32H39FN4O7/c33-24-12-7-10-20-16-36(18-23(20)24)31(43)44-22-14-26-28(39)35-32(30(41)42)15-21(32)11-4-2-1-3-5-13-25(29(40)37(26)17-22)34-27(38)19-8-6-9-19/h4,7,10-12,19,21-22,25-26H,1-3,5-6,8-9,13-18H2,(H,34,38)(H,35,39)(H,41,42)/b11-4-/t21-,22-,25+,26+,32-/m1/s1. The van der Waals surface area contributed by atoms with Gasteiger partial charge in [0.05, 0.1) is 13.1 Å². The maximum Gasteiger partial charge on any atom is 0.410 e. The summed E-state index contributed by atoms with van der Waals surface area (Å²) in [4.78, 5) is 68.8. The van der Waals surface area contributed by atoms with E-state index >= 15 is 0 Å². The zero-order valence-electron chi connectivity index (χ0n) is 24.6. The van der Waals surface area contributed by atoms with Crippen molar-refractivity contribution in [2.45, 2.75) is 101 Å². The molecular weight excluding hydrogens is 571 g/mol. The number of carbonyl (C=O) groups is 5. The molecule has 6 rings (SSSR count). The van der Waals surface area contributed by atoms with E-state index in [0.717, 1.165) is 38.5 Å². The minimum atomic E-state index is -1.46. The summed E-state index contributed by atoms with van der Waals surface area (Å²) >= 11 is 0. The van der Waals surface area contributed by atoms with Crippen molar-refractivity contribution in [2.75, 3.05) is 6.54 Å². The van der Waals surface area contributed by atoms with Gasteiger partial charge in [0.25, 0.3) is 0 Å². The topological polar surface area (TPSA) is 145 Å². The molecule has 11 nitrogen and oxygen atoms in total. The lowest BCUT2D eigenvalue weighted by molar-refractivity contribution is -0.146. The van der Waals surface area contributed by atoms with Crippen LogP contribution in [0.15, 0.2) is 30.4 Å². The average Bonchev–Trinajstić information content (AvgIpc) is 3.27. The van der Waals surface area contributed by atoms with E-state index in [4.69, 9.17) is 4.74 Å². The lowest BCUT2D eigenvalue weighted by atomic mass is 9.84. The predicted molar refractivity (Wildman–Crippen MR) is 154 cm³/mol. The van der Waals surface area contributed by atoms with E-state index in [1.54, 1.807) is 12.1 Å². The number of hydrogen-bond acceptors (Lipinski definition) is 6. The number of carboxylic acids is 1. The summed E-state index contributed by atoms with van der Waals surface area (Å²) < 4.78 is 20.0. The molecule has 2 aliphatic carbocycles. The molecule has 44 heavy (non-hydrogen) atoms. The molecule has 1 saturated heterocycles. The number of hydrogen-bond donors (Lipinski definition) is 3. The number of amides is 4. The lowest BCUT2D eigenvalue weighted by Gasteiger charge is -2.31. The van der Waals surface area contributed by atoms with E-state index in [-0.39, 0.29) is 50.2 Å². The second-order valence-electron chi connectivity index (χ2n) is 12.8. The number of rotatable bonds is 4. The van der Waals surface area contributed by atoms with Crippen molar-refractivity contribution < 1.29 is 38.2 Å². The van der Waals surface area contributed by atoms with Crippen LogP contribution in [0.4, 0.5) is 9.18 Å². The van der Waals surface area contributed by atoms with Crippen LogP contribution in [-0.2, 0) is 37.0 Å². The molecule has 5 atom stereocenters. The fourth-order valence-corrected chi connectivity index (χ4v) is 6.83. The number of aliphatic carboxylic acids is 1. The van der Waals surface area contributed by atoms with Gasteiger partial charge in [-0.15, -0.1) is 0 Å². The second kappa shape index (κ2) is 12.2. The lowest BCUT2D eigenvalue weighted by Crippen LogP contribution is -2.57. The normalized spacial score (nSPS) is 31.3. The molecule has 3 heterocycles. The van der Waals surface area contributed by atoms with Crippen LogP contribution in [0.2, 0.25) is 0 Å². The van der Waals surface area contributed by atoms with Crippen molar-refractivity contribution in [3.05, 3.63) is 47.3 Å². The number of halogens is 1. The van der Waals surface area contributed by atoms with E-state index in [9.17, 15) is 33.5 Å². The molecule has 4 amide bonds. The quantitative estimate of drug-likeness (QED) is 0.445. The summed E-state index contributed by atoms with van der Waals surface area (Å²) in [6, 6.07) is 2.72. The molecular formula is C32H39FN4O7. The third-order valence-corrected chi connectivity index (χ3v) is 9.87. The molecule has 0 unspecified atom stereocenters. The van der Waals surface area contributed by atoms with Crippen LogP contribution in [0, 0.1) is 17.7 Å². The summed E-state index contributed by atoms with van der Waals surface area (Å²) in [5, 5.41) is 15.7. The van der Waals surface area contributed by atoms with Crippen molar-refractivity contribution in [2.24, 2.45) is 11.8 Å². The Morgan fingerprint density at radius 1 is 1.07 bits per heavy atom. The highest BCUT2D eigenvalue weighted by atomic mass is 19.1. The average molecular weight is 611 g/mol. The number of allylic oxidation sites excluding steroid dienone is 1. The Kier molecular flexibility index (Phi) is 8.34. The van der Waals surface area contributed by atoms with Crippen LogP contribution in [0.1, 0.15) is 75.3 Å². The minimum absolute atomic E-state index is 0.0298. The van der Waals surface area contributed by atoms with Gasteiger partial charge in [-0.25, -0.2) is 14.0 Å². The molecule has 0 radical (unpaired) electrons. The van der Waals surface area contributed by atoms with Gasteiger partial charge in [-0.05, 0) is 50.2 Å². The molecule has 5 aliphatic rings. The van der Waals surface area contributed by atoms with Crippen LogP contribution < -0.4 is 10.6 Å². The van der Waals surface area contributed by atoms with Crippen molar-refractivity contribution >= 4 is 29.8 Å². The summed E-state index contributed by atoms with van der Waals surface area (Å²) in [6.45, 7) is 0.138. The molecule has 3 fully saturated rings. The fraction of sp³-hybridized carbons (Fsp3) is 0.594. The molecule has 0 spiro atoms. The fourth-order valence-electron chi connectivity index (χ4n) is 6.83. The Bertz CT molecular complexity index is 1380. The van der Waals surface area contributed by atoms with E-state index in [1.165, 1.54) is 15.9 Å². The van der Waals surface area contributed by atoms with Gasteiger partial charge >= 0.3 is 12.1 Å². The van der Waals surface area contributed by atoms with Crippen LogP contribution in [0.5, 0.6) is 0 Å². The van der Waals surface area contributed by atoms with E-state index in [1.807, 2.05) is 12.2 Å². The molecule has 12 heteroatoms. The molecule has 0 bridgehead atoms. The van der Waals surface area contributed by atoms with Crippen molar-refractivity contribution in [3.63, 3.8) is 0 Å². The largest absolute Gasteiger partial charge is 0.479 e. The Morgan fingerprint density at radius 2 is 1.89 bits per heavy atom. The van der Waals surface area contributed by atoms with Gasteiger partial charge in [0, 0.05) is 30.4 Å². The van der Waals surface area contributed by atoms with Gasteiger partial charge in [0.1, 0.15) is 29.5 Å². The minimum Gasteiger partial charge on any atom is -0.479 e. The van der Waals surface area contributed by atoms with Crippen molar-refractivity contribution in [3.8, 4) is 0 Å². The number of carbonyl (C=O) groups excluding carboxylic acids is 4. The summed E-state index contributed by atoms with van der Waals surface area (Å²) in [7, 11) is 0. The number of carboxylic acid groups (broad SMARTS) is 1. The Morgan fingerprint density at radius 3 is 2.61 bits per heavy atom. The molecule has 1 aromatic carbocycles. The second-order valence-corrected chi connectivity index (χ2v) is 12.8. The number of ether oxygens (including phenoxy) is 1. The van der Waals surface area contributed by atoms with E-state index in [0.29, 0.717) is 24.0 Å². The van der Waals surface area contributed by atoms with E-state index in [2.05, 4.69) is 10.6 Å². The van der Waals surface area contributed by atoms with Gasteiger partial charge in [-0.3, -0.25) is 19.3 Å². The van der Waals surface area contributed by atoms with Gasteiger partial charge in [0.15, 0.2) is 0 Å². The van der Waals surface area contributed by atoms with Crippen LogP contribution in [-0.4, -0.2) is 75.0 Å². The highest BCUT2D eigenvalue weighted by Crippen LogP contribution is 2.45. The molecule has 236 valence electrons. The Hall–Kier alpha value is -3.96. The first kappa shape index (κ1) is 30.1. The highest BCUT2D eigenvalue weighted by molar-refractivity contribution is 5.96. The monoisotopic (exact) mass is 610 g/mol. The first-order valence-corrected chi connectivity index (χ1v) is 15.7. The van der Waals surface area contributed by atoms with Gasteiger partial charge in [-0.2, -0.15) is 0 Å². The predicted octanol–water partition coefficient (Wildman–Crippen LogP) is 3.01. The van der Waals surface area contributed by atoms with Crippen molar-refractivity contribution in [1.82, 2.24) is 20.4 Å². The molecule has 3 aliphatic heterocycles. The van der Waals surface area contributed by atoms with Gasteiger partial charge in [0.2, 0.25) is 17.7 Å². The van der Waals surface area contributed by atoms with Gasteiger partial charge in [-0.1, -0.05) is 43.5 Å². The summed E-state index contributed by atoms with van der Waals surface area (Å²) in [5.74, 6) is -3.29. The van der Waals surface area contributed by atoms with E-state index < -0.39 is 53.4 Å². The number of fused-ring (bicyclic) bond motifs is 3. The molecule has 1 aromatic rings. The third kappa shape index (κ3) is 5.90. The summed E-state index contributed by atoms with van der Waals surface area (Å²) in [6.07, 6.45) is 8.48. The first-order chi connectivity index (χ1) is 21.2. The SMILES string of the molecule is O=C(N[C@H]1CCCCC/C=C\[C@@H]2C[C@@]2(C(=O)O)NC(=O)[C@@H]2C[C@@H](OC(=O)N3Cc4cccc(F)c4C3)CN2C1=O)C1CCC1. The maximum atomic E-state index is 14.3. The van der Waals surface area contributed by atoms with Crippen molar-refractivity contribution in [1.29, 1.82) is 0 Å². The molecule has 0 aromatic heterocycles. The first-order valence-electron chi connectivity index (χ1n) is 15.7. The van der Waals surface area contributed by atoms with Crippen LogP contribution in [0.3, 0.4) is 0 Å². The highest BCUT2D eigenvalue weighted by Gasteiger charge is 2.61.